The topological polar surface area (TPSA) is 551 Å². The Morgan fingerprint density at radius 2 is 1.32 bits per heavy atom. The van der Waals surface area contributed by atoms with Crippen molar-refractivity contribution in [2.45, 2.75) is 120 Å². The Morgan fingerprint density at radius 3 is 1.86 bits per heavy atom. The number of ether oxygens (including phenoxy) is 10. The monoisotopic (exact) mass is 1610 g/mol. The number of hydrazine groups is 1. The van der Waals surface area contributed by atoms with Crippen molar-refractivity contribution in [1.29, 1.82) is 0 Å². The minimum Gasteiger partial charge on any atom is -0.496 e. The van der Waals surface area contributed by atoms with Crippen LogP contribution >= 0.6 is 11.8 Å². The van der Waals surface area contributed by atoms with Crippen LogP contribution in [0.25, 0.3) is 10.9 Å². The number of primary amides is 1. The molecule has 1 aromatic carbocycles. The van der Waals surface area contributed by atoms with Crippen LogP contribution in [0, 0.1) is 29.6 Å². The summed E-state index contributed by atoms with van der Waals surface area (Å²) in [6.07, 6.45) is -4.22. The molecule has 17 N–H and O–H groups in total. The highest BCUT2D eigenvalue weighted by molar-refractivity contribution is 7.98. The summed E-state index contributed by atoms with van der Waals surface area (Å²) in [5.74, 6) is -8.50. The fourth-order valence-electron chi connectivity index (χ4n) is 12.1. The molecule has 8 amide bonds. The van der Waals surface area contributed by atoms with Gasteiger partial charge in [0.25, 0.3) is 0 Å². The standard InChI is InChI=1S/C71H114N12O26S2/c1-6-43(2)51-32-48(85)36-76-66(94)46-30-52-50-7-8-59(100-5)53(41-110-28-27-109-26-25-108-24-23-107-22-21-106-20-19-105-18-17-104-16-15-103-14-13-102-12-11-101-10-9-82(74)38-47(72)35-75-65(93)44(3)29-62(91)92)64(50)81-70(52)111(99)42-55(78-61(90)37-77-67(51)95)68(96)79-54(34-60(73)89)71(98)83-39-49(86)33-56(83)69(97)80-63(57(87)31-46)45(4)58(88)40-84/h7-8,38,43-46,49,51,54-56,58,63,81,84,86,88H,6,9-37,39-42,72,74H2,1-5H3,(H2,73,89)(H,75,93)(H,76,94)(H,77,95)(H,78,90)(H,79,96)(H,80,97)(H,91,92)/b47-38-/t43-,44?,45-,46+,49+,51-,54-,55?,56-,58-,63-,111?/m0/s1. The van der Waals surface area contributed by atoms with Crippen molar-refractivity contribution in [2.75, 3.05) is 177 Å². The lowest BCUT2D eigenvalue weighted by Gasteiger charge is -2.32. The number of methoxy groups -OCH3 is 1. The predicted molar refractivity (Wildman–Crippen MR) is 401 cm³/mol. The van der Waals surface area contributed by atoms with E-state index in [0.29, 0.717) is 152 Å². The summed E-state index contributed by atoms with van der Waals surface area (Å²) in [5, 5.41) is 57.8. The van der Waals surface area contributed by atoms with Crippen LogP contribution in [0.2, 0.25) is 0 Å². The van der Waals surface area contributed by atoms with Crippen LogP contribution < -0.4 is 53.9 Å². The Balaban J connectivity index is 1.11. The number of aromatic nitrogens is 1. The zero-order valence-corrected chi connectivity index (χ0v) is 65.5. The van der Waals surface area contributed by atoms with Gasteiger partial charge in [0.2, 0.25) is 47.3 Å². The van der Waals surface area contributed by atoms with E-state index in [0.717, 1.165) is 4.90 Å². The highest BCUT2D eigenvalue weighted by atomic mass is 32.2. The number of nitrogens with two attached hydrogens (primary N) is 3. The van der Waals surface area contributed by atoms with E-state index in [4.69, 9.17) is 69.8 Å². The molecular weight excluding hydrogens is 1500 g/mol. The van der Waals surface area contributed by atoms with Crippen LogP contribution in [-0.4, -0.2) is 318 Å². The molecule has 38 nitrogen and oxygen atoms in total. The molecule has 2 bridgehead atoms. The molecule has 1 saturated heterocycles. The van der Waals surface area contributed by atoms with Crippen LogP contribution in [0.15, 0.2) is 29.1 Å². The lowest BCUT2D eigenvalue weighted by molar-refractivity contribution is -0.144. The van der Waals surface area contributed by atoms with E-state index >= 15 is 9.00 Å². The third kappa shape index (κ3) is 33.2. The van der Waals surface area contributed by atoms with Crippen molar-refractivity contribution in [3.8, 4) is 5.75 Å². The number of carboxylic acids is 1. The van der Waals surface area contributed by atoms with Crippen LogP contribution in [0.3, 0.4) is 0 Å². The Kier molecular flexibility index (Phi) is 43.4. The van der Waals surface area contributed by atoms with E-state index in [1.54, 1.807) is 26.0 Å². The molecule has 0 aliphatic carbocycles. The molecule has 1 aromatic heterocycles. The van der Waals surface area contributed by atoms with E-state index in [1.807, 2.05) is 0 Å². The fourth-order valence-corrected chi connectivity index (χ4v) is 14.3. The minimum absolute atomic E-state index is 0.0241. The zero-order chi connectivity index (χ0) is 81.4. The van der Waals surface area contributed by atoms with Crippen LogP contribution in [0.5, 0.6) is 5.75 Å². The van der Waals surface area contributed by atoms with Gasteiger partial charge in [0.05, 0.1) is 212 Å². The van der Waals surface area contributed by atoms with Gasteiger partial charge >= 0.3 is 5.97 Å². The first kappa shape index (κ1) is 94.0. The molecular formula is C71H114N12O26S2. The molecule has 0 saturated carbocycles. The second kappa shape index (κ2) is 51.2. The molecule has 3 aliphatic rings. The predicted octanol–water partition coefficient (Wildman–Crippen LogP) is -3.85. The molecule has 40 heteroatoms. The number of nitrogens with zero attached hydrogens (tertiary/aromatic N) is 2. The lowest BCUT2D eigenvalue weighted by atomic mass is 9.85. The van der Waals surface area contributed by atoms with Crippen molar-refractivity contribution in [1.82, 2.24) is 46.8 Å². The number of aromatic amines is 1. The Bertz CT molecular complexity index is 3390. The molecule has 12 atom stereocenters. The third-order valence-corrected chi connectivity index (χ3v) is 20.8. The number of rotatable bonds is 46. The molecule has 111 heavy (non-hydrogen) atoms. The first-order chi connectivity index (χ1) is 53.2. The third-order valence-electron chi connectivity index (χ3n) is 18.5. The number of fused-ring (bicyclic) bond motifs is 5. The maximum Gasteiger partial charge on any atom is 0.304 e. The summed E-state index contributed by atoms with van der Waals surface area (Å²) in [6, 6.07) is -3.68. The van der Waals surface area contributed by atoms with E-state index in [9.17, 15) is 63.3 Å². The quantitative estimate of drug-likeness (QED) is 0.0171. The van der Waals surface area contributed by atoms with Gasteiger partial charge in [0.15, 0.2) is 11.6 Å². The molecule has 3 aliphatic heterocycles. The average Bonchev–Trinajstić information content (AvgIpc) is 1.60. The summed E-state index contributed by atoms with van der Waals surface area (Å²) < 4.78 is 71.6. The first-order valence-electron chi connectivity index (χ1n) is 37.1. The number of ketones is 2. The molecule has 2 aromatic rings. The van der Waals surface area contributed by atoms with Gasteiger partial charge in [-0.3, -0.25) is 56.9 Å². The van der Waals surface area contributed by atoms with Gasteiger partial charge in [-0.25, -0.2) is 5.84 Å². The second-order valence-corrected chi connectivity index (χ2v) is 29.5. The van der Waals surface area contributed by atoms with E-state index < -0.39 is 199 Å². The van der Waals surface area contributed by atoms with Gasteiger partial charge in [-0.05, 0) is 30.0 Å². The van der Waals surface area contributed by atoms with Crippen LogP contribution in [0.4, 0.5) is 0 Å². The normalized spacial score (nSPS) is 22.0. The van der Waals surface area contributed by atoms with Gasteiger partial charge in [-0.2, -0.15) is 11.8 Å². The molecule has 5 rings (SSSR count). The number of Topliss-reactive ketones (excluding diaryl/α,β-unsaturated/α-hetero) is 2. The number of H-pyrrole nitrogens is 1. The van der Waals surface area contributed by atoms with E-state index in [2.05, 4.69) is 36.9 Å². The highest BCUT2D eigenvalue weighted by Gasteiger charge is 2.45. The van der Waals surface area contributed by atoms with E-state index in [-0.39, 0.29) is 48.9 Å². The maximum atomic E-state index is 15.4. The summed E-state index contributed by atoms with van der Waals surface area (Å²) in [6.45, 7) is 10.2. The molecule has 0 spiro atoms. The van der Waals surface area contributed by atoms with Crippen molar-refractivity contribution in [3.63, 3.8) is 0 Å². The molecule has 1 fully saturated rings. The van der Waals surface area contributed by atoms with E-state index in [1.165, 1.54) is 43.9 Å². The van der Waals surface area contributed by atoms with Gasteiger partial charge in [-0.15, -0.1) is 0 Å². The zero-order valence-electron chi connectivity index (χ0n) is 63.8. The Morgan fingerprint density at radius 1 is 0.748 bits per heavy atom. The Hall–Kier alpha value is -7.55. The fraction of sp³-hybridized carbons (Fsp3) is 0.704. The number of aliphatic hydroxyl groups is 3. The number of hydrogen-bond donors (Lipinski definition) is 14. The summed E-state index contributed by atoms with van der Waals surface area (Å²) >= 11 is 1.45. The number of thioether (sulfide) groups is 1. The smallest absolute Gasteiger partial charge is 0.304 e. The number of amides is 8. The maximum absolute atomic E-state index is 15.4. The van der Waals surface area contributed by atoms with Crippen molar-refractivity contribution in [2.24, 2.45) is 46.9 Å². The largest absolute Gasteiger partial charge is 0.496 e. The van der Waals surface area contributed by atoms with Crippen LogP contribution in [-0.2, 0) is 118 Å². The number of nitrogens with one attached hydrogen (secondary N) is 7. The number of carboxylic acid groups (broad SMARTS) is 1. The number of aliphatic carboxylic acids is 1. The van der Waals surface area contributed by atoms with Crippen molar-refractivity contribution >= 4 is 98.3 Å². The number of benzene rings is 1. The first-order valence-corrected chi connectivity index (χ1v) is 39.5. The summed E-state index contributed by atoms with van der Waals surface area (Å²) in [7, 11) is -0.970. The van der Waals surface area contributed by atoms with Gasteiger partial charge < -0.3 is 126 Å². The molecule has 4 heterocycles. The van der Waals surface area contributed by atoms with Gasteiger partial charge in [0, 0.05) is 83.8 Å². The van der Waals surface area contributed by atoms with Crippen molar-refractivity contribution in [3.05, 3.63) is 35.2 Å². The lowest BCUT2D eigenvalue weighted by Crippen LogP contribution is -2.60. The minimum atomic E-state index is -2.42. The average molecular weight is 1620 g/mol. The number of carbonyl (C=O) groups is 11. The van der Waals surface area contributed by atoms with Gasteiger partial charge in [-0.1, -0.05) is 34.1 Å². The van der Waals surface area contributed by atoms with Crippen molar-refractivity contribution < 1.29 is 125 Å². The summed E-state index contributed by atoms with van der Waals surface area (Å²) in [5.41, 5.74) is 12.9. The molecule has 626 valence electrons. The number of hydrogen-bond acceptors (Lipinski definition) is 29. The SMILES string of the molecule is CC[C@H](C)[C@@H]1CC(=O)CNC(=O)[C@H]2CC(=O)[C@H]([C@@H](C)[C@@H](O)CO)NC(=O)[C@@H]3C[C@@H](O)CN3C(=O)[C@H](CC(N)=O)NC(=O)C(CS(=O)c3[nH]c4c(CSCCOCCOCCOCCOCCOCCOCCOCCOCCOCCN(N)/C=C(\N)CNC(=O)C(C)CC(=O)O)c(OC)ccc4c3C2)NC(=O)CNC1=O. The van der Waals surface area contributed by atoms with Crippen LogP contribution in [0.1, 0.15) is 77.3 Å². The Labute approximate surface area is 651 Å². The number of aliphatic hydroxyl groups excluding tert-OH is 3. The second-order valence-electron chi connectivity index (χ2n) is 26.9. The van der Waals surface area contributed by atoms with Gasteiger partial charge in [0.1, 0.15) is 28.9 Å². The highest BCUT2D eigenvalue weighted by Crippen LogP contribution is 2.37. The summed E-state index contributed by atoms with van der Waals surface area (Å²) in [4.78, 5) is 155. The molecule has 0 radical (unpaired) electrons. The number of carbonyl (C=O) groups excluding carboxylic acids is 10. The molecule has 3 unspecified atom stereocenters.